The molecular weight excluding hydrogens is 224 g/mol. The maximum atomic E-state index is 9.21. The van der Waals surface area contributed by atoms with Crippen LogP contribution in [0.1, 0.15) is 25.3 Å². The first-order valence-electron chi connectivity index (χ1n) is 6.29. The predicted molar refractivity (Wildman–Crippen MR) is 72.1 cm³/mol. The van der Waals surface area contributed by atoms with Crippen molar-refractivity contribution in [2.24, 2.45) is 0 Å². The molecule has 0 radical (unpaired) electrons. The van der Waals surface area contributed by atoms with Crippen molar-refractivity contribution in [2.45, 2.75) is 32.3 Å². The van der Waals surface area contributed by atoms with E-state index in [1.165, 1.54) is 5.56 Å². The van der Waals surface area contributed by atoms with E-state index in [4.69, 9.17) is 0 Å². The van der Waals surface area contributed by atoms with Crippen LogP contribution in [0.3, 0.4) is 0 Å². The highest BCUT2D eigenvalue weighted by atomic mass is 16.3. The predicted octanol–water partition coefficient (Wildman–Crippen LogP) is 2.85. The highest BCUT2D eigenvalue weighted by molar-refractivity contribution is 5.58. The van der Waals surface area contributed by atoms with Crippen molar-refractivity contribution in [1.29, 1.82) is 0 Å². The van der Waals surface area contributed by atoms with Gasteiger partial charge in [0, 0.05) is 11.8 Å². The van der Waals surface area contributed by atoms with E-state index in [1.807, 2.05) is 13.0 Å². The average molecular weight is 242 g/mol. The van der Waals surface area contributed by atoms with Crippen molar-refractivity contribution < 1.29 is 5.11 Å². The Hall–Kier alpha value is -1.74. The molecule has 1 heterocycles. The third kappa shape index (κ3) is 3.64. The fraction of sp³-hybridized carbons (Fsp3) is 0.333. The van der Waals surface area contributed by atoms with Crippen molar-refractivity contribution >= 4 is 0 Å². The summed E-state index contributed by atoms with van der Waals surface area (Å²) in [7, 11) is 0. The van der Waals surface area contributed by atoms with Gasteiger partial charge in [0.1, 0.15) is 6.33 Å². The Kier molecular flexibility index (Phi) is 4.42. The van der Waals surface area contributed by atoms with E-state index in [0.29, 0.717) is 0 Å². The van der Waals surface area contributed by atoms with Gasteiger partial charge in [-0.05, 0) is 37.8 Å². The van der Waals surface area contributed by atoms with E-state index in [9.17, 15) is 5.11 Å². The number of nitrogens with zero attached hydrogens (tertiary/aromatic N) is 2. The van der Waals surface area contributed by atoms with Gasteiger partial charge < -0.3 is 5.11 Å². The summed E-state index contributed by atoms with van der Waals surface area (Å²) in [6, 6.07) is 10.3. The van der Waals surface area contributed by atoms with Crippen LogP contribution in [0.25, 0.3) is 11.3 Å². The molecule has 0 aliphatic carbocycles. The number of hydrogen-bond donors (Lipinski definition) is 1. The first kappa shape index (κ1) is 12.7. The van der Waals surface area contributed by atoms with Crippen LogP contribution < -0.4 is 0 Å². The van der Waals surface area contributed by atoms with Crippen LogP contribution >= 0.6 is 0 Å². The van der Waals surface area contributed by atoms with Crippen LogP contribution in [-0.2, 0) is 6.42 Å². The number of aliphatic hydroxyl groups is 1. The highest BCUT2D eigenvalue weighted by Gasteiger charge is 2.00. The lowest BCUT2D eigenvalue weighted by atomic mass is 10.0. The second kappa shape index (κ2) is 6.26. The van der Waals surface area contributed by atoms with Crippen LogP contribution in [-0.4, -0.2) is 21.2 Å². The molecule has 2 rings (SSSR count). The second-order valence-electron chi connectivity index (χ2n) is 4.53. The molecule has 2 aromatic rings. The molecule has 0 saturated carbocycles. The van der Waals surface area contributed by atoms with Gasteiger partial charge in [0.2, 0.25) is 0 Å². The van der Waals surface area contributed by atoms with E-state index in [2.05, 4.69) is 34.2 Å². The van der Waals surface area contributed by atoms with Gasteiger partial charge in [0.25, 0.3) is 0 Å². The molecule has 0 fully saturated rings. The molecule has 1 unspecified atom stereocenters. The average Bonchev–Trinajstić information content (AvgIpc) is 2.40. The number of benzene rings is 1. The zero-order chi connectivity index (χ0) is 12.8. The molecule has 0 aliphatic heterocycles. The molecule has 1 atom stereocenters. The molecule has 1 aromatic carbocycles. The first-order valence-corrected chi connectivity index (χ1v) is 6.29. The molecule has 18 heavy (non-hydrogen) atoms. The van der Waals surface area contributed by atoms with Gasteiger partial charge in [-0.1, -0.05) is 24.3 Å². The Morgan fingerprint density at radius 1 is 1.17 bits per heavy atom. The lowest BCUT2D eigenvalue weighted by molar-refractivity contribution is 0.182. The third-order valence-electron chi connectivity index (χ3n) is 2.92. The van der Waals surface area contributed by atoms with Gasteiger partial charge in [0.05, 0.1) is 11.8 Å². The van der Waals surface area contributed by atoms with Crippen molar-refractivity contribution in [3.63, 3.8) is 0 Å². The number of rotatable bonds is 5. The molecule has 0 aliphatic rings. The quantitative estimate of drug-likeness (QED) is 0.877. The summed E-state index contributed by atoms with van der Waals surface area (Å²) < 4.78 is 0. The number of hydrogen-bond acceptors (Lipinski definition) is 3. The molecule has 0 bridgehead atoms. The molecular formula is C15H18N2O. The standard InChI is InChI=1S/C15H18N2O/c1-12(18)3-2-4-13-5-7-14(8-6-13)15-9-10-16-11-17-15/h5-12,18H,2-4H2,1H3. The molecule has 3 heteroatoms. The SMILES string of the molecule is CC(O)CCCc1ccc(-c2ccncn2)cc1. The maximum absolute atomic E-state index is 9.21. The van der Waals surface area contributed by atoms with E-state index in [0.717, 1.165) is 30.5 Å². The molecule has 3 nitrogen and oxygen atoms in total. The lowest BCUT2D eigenvalue weighted by Crippen LogP contribution is -1.99. The summed E-state index contributed by atoms with van der Waals surface area (Å²) in [5.41, 5.74) is 3.35. The van der Waals surface area contributed by atoms with Crippen LogP contribution in [0.15, 0.2) is 42.9 Å². The first-order chi connectivity index (χ1) is 8.75. The van der Waals surface area contributed by atoms with E-state index in [-0.39, 0.29) is 6.10 Å². The third-order valence-corrected chi connectivity index (χ3v) is 2.92. The monoisotopic (exact) mass is 242 g/mol. The van der Waals surface area contributed by atoms with Gasteiger partial charge in [-0.25, -0.2) is 9.97 Å². The van der Waals surface area contributed by atoms with Crippen LogP contribution in [0.5, 0.6) is 0 Å². The minimum Gasteiger partial charge on any atom is -0.393 e. The largest absolute Gasteiger partial charge is 0.393 e. The Morgan fingerprint density at radius 2 is 1.94 bits per heavy atom. The smallest absolute Gasteiger partial charge is 0.116 e. The van der Waals surface area contributed by atoms with Gasteiger partial charge in [-0.3, -0.25) is 0 Å². The fourth-order valence-electron chi connectivity index (χ4n) is 1.91. The van der Waals surface area contributed by atoms with Gasteiger partial charge in [-0.15, -0.1) is 0 Å². The Labute approximate surface area is 108 Å². The minimum absolute atomic E-state index is 0.203. The lowest BCUT2D eigenvalue weighted by Gasteiger charge is -2.05. The van der Waals surface area contributed by atoms with Crippen LogP contribution in [0, 0.1) is 0 Å². The van der Waals surface area contributed by atoms with Crippen molar-refractivity contribution in [3.8, 4) is 11.3 Å². The maximum Gasteiger partial charge on any atom is 0.116 e. The van der Waals surface area contributed by atoms with Crippen molar-refractivity contribution in [2.75, 3.05) is 0 Å². The summed E-state index contributed by atoms with van der Waals surface area (Å²) in [4.78, 5) is 8.13. The van der Waals surface area contributed by atoms with E-state index < -0.39 is 0 Å². The Balaban J connectivity index is 1.98. The summed E-state index contributed by atoms with van der Waals surface area (Å²) in [5.74, 6) is 0. The molecule has 1 aromatic heterocycles. The Bertz CT molecular complexity index is 466. The molecule has 0 amide bonds. The number of aliphatic hydroxyl groups excluding tert-OH is 1. The van der Waals surface area contributed by atoms with Gasteiger partial charge >= 0.3 is 0 Å². The number of aromatic nitrogens is 2. The molecule has 94 valence electrons. The molecule has 0 saturated heterocycles. The van der Waals surface area contributed by atoms with Crippen LogP contribution in [0.4, 0.5) is 0 Å². The molecule has 1 N–H and O–H groups in total. The van der Waals surface area contributed by atoms with Gasteiger partial charge in [0.15, 0.2) is 0 Å². The van der Waals surface area contributed by atoms with Gasteiger partial charge in [-0.2, -0.15) is 0 Å². The van der Waals surface area contributed by atoms with E-state index in [1.54, 1.807) is 12.5 Å². The number of aryl methyl sites for hydroxylation is 1. The molecule has 0 spiro atoms. The van der Waals surface area contributed by atoms with Crippen molar-refractivity contribution in [3.05, 3.63) is 48.4 Å². The fourth-order valence-corrected chi connectivity index (χ4v) is 1.91. The summed E-state index contributed by atoms with van der Waals surface area (Å²) >= 11 is 0. The van der Waals surface area contributed by atoms with E-state index >= 15 is 0 Å². The zero-order valence-electron chi connectivity index (χ0n) is 10.6. The normalized spacial score (nSPS) is 12.3. The second-order valence-corrected chi connectivity index (χ2v) is 4.53. The minimum atomic E-state index is -0.203. The van der Waals surface area contributed by atoms with Crippen LogP contribution in [0.2, 0.25) is 0 Å². The topological polar surface area (TPSA) is 46.0 Å². The summed E-state index contributed by atoms with van der Waals surface area (Å²) in [6.45, 7) is 1.83. The zero-order valence-corrected chi connectivity index (χ0v) is 10.6. The van der Waals surface area contributed by atoms with Crippen molar-refractivity contribution in [1.82, 2.24) is 9.97 Å². The highest BCUT2D eigenvalue weighted by Crippen LogP contribution is 2.17. The summed E-state index contributed by atoms with van der Waals surface area (Å²) in [5, 5.41) is 9.21. The Morgan fingerprint density at radius 3 is 2.56 bits per heavy atom. The summed E-state index contributed by atoms with van der Waals surface area (Å²) in [6.07, 6.45) is 5.99.